The van der Waals surface area contributed by atoms with E-state index in [1.807, 2.05) is 42.1 Å². The summed E-state index contributed by atoms with van der Waals surface area (Å²) in [6.45, 7) is 0.116. The zero-order valence-corrected chi connectivity index (χ0v) is 9.78. The molecule has 0 bridgehead atoms. The van der Waals surface area contributed by atoms with Crippen molar-refractivity contribution in [2.45, 2.75) is 6.42 Å². The predicted molar refractivity (Wildman–Crippen MR) is 64.4 cm³/mol. The zero-order valence-electron chi connectivity index (χ0n) is 9.02. The van der Waals surface area contributed by atoms with Crippen LogP contribution < -0.4 is 0 Å². The Morgan fingerprint density at radius 3 is 2.62 bits per heavy atom. The molecule has 1 heterocycles. The molecule has 1 aromatic heterocycles. The number of hydrogen-bond acceptors (Lipinski definition) is 2. The quantitative estimate of drug-likeness (QED) is 0.888. The van der Waals surface area contributed by atoms with Crippen molar-refractivity contribution < 1.29 is 5.11 Å². The number of aryl methyl sites for hydroxylation is 1. The summed E-state index contributed by atoms with van der Waals surface area (Å²) in [5.74, 6) is 0.882. The first-order valence-corrected chi connectivity index (χ1v) is 5.47. The molecule has 0 amide bonds. The van der Waals surface area contributed by atoms with Gasteiger partial charge in [-0.3, -0.25) is 0 Å². The molecule has 0 aliphatic heterocycles. The van der Waals surface area contributed by atoms with Crippen LogP contribution in [-0.2, 0) is 13.5 Å². The van der Waals surface area contributed by atoms with Crippen LogP contribution >= 0.6 is 11.6 Å². The Bertz CT molecular complexity index is 476. The predicted octanol–water partition coefficient (Wildman–Crippen LogP) is 2.28. The van der Waals surface area contributed by atoms with Crippen LogP contribution in [0.1, 0.15) is 5.82 Å². The van der Waals surface area contributed by atoms with Crippen molar-refractivity contribution in [1.82, 2.24) is 9.55 Å². The average molecular weight is 237 g/mol. The van der Waals surface area contributed by atoms with Gasteiger partial charge in [-0.05, 0) is 12.1 Å². The molecule has 2 aromatic rings. The second-order valence-corrected chi connectivity index (χ2v) is 4.07. The van der Waals surface area contributed by atoms with E-state index in [-0.39, 0.29) is 6.61 Å². The van der Waals surface area contributed by atoms with Crippen molar-refractivity contribution in [3.63, 3.8) is 0 Å². The Morgan fingerprint density at radius 1 is 1.31 bits per heavy atom. The van der Waals surface area contributed by atoms with Gasteiger partial charge in [-0.2, -0.15) is 0 Å². The highest BCUT2D eigenvalue weighted by atomic mass is 35.5. The molecule has 0 saturated heterocycles. The highest BCUT2D eigenvalue weighted by Crippen LogP contribution is 2.20. The fourth-order valence-electron chi connectivity index (χ4n) is 1.60. The summed E-state index contributed by atoms with van der Waals surface area (Å²) in [6.07, 6.45) is 2.53. The second kappa shape index (κ2) is 4.68. The molecule has 0 saturated carbocycles. The van der Waals surface area contributed by atoms with Gasteiger partial charge in [0, 0.05) is 30.3 Å². The minimum atomic E-state index is 0.116. The number of aliphatic hydroxyl groups is 1. The number of halogens is 1. The van der Waals surface area contributed by atoms with Crippen LogP contribution in [0.25, 0.3) is 11.3 Å². The first-order chi connectivity index (χ1) is 7.70. The molecule has 84 valence electrons. The van der Waals surface area contributed by atoms with Gasteiger partial charge < -0.3 is 9.67 Å². The molecule has 16 heavy (non-hydrogen) atoms. The fourth-order valence-corrected chi connectivity index (χ4v) is 1.72. The van der Waals surface area contributed by atoms with Gasteiger partial charge in [-0.1, -0.05) is 23.7 Å². The molecule has 2 rings (SSSR count). The van der Waals surface area contributed by atoms with Crippen molar-refractivity contribution in [2.24, 2.45) is 7.05 Å². The molecule has 1 N–H and O–H groups in total. The number of rotatable bonds is 3. The molecule has 1 aromatic carbocycles. The van der Waals surface area contributed by atoms with E-state index >= 15 is 0 Å². The van der Waals surface area contributed by atoms with Gasteiger partial charge >= 0.3 is 0 Å². The Kier molecular flexibility index (Phi) is 3.27. The third-order valence-corrected chi connectivity index (χ3v) is 2.70. The second-order valence-electron chi connectivity index (χ2n) is 3.63. The Hall–Kier alpha value is -1.32. The van der Waals surface area contributed by atoms with Gasteiger partial charge in [0.05, 0.1) is 12.3 Å². The molecule has 0 aliphatic carbocycles. The van der Waals surface area contributed by atoms with Crippen LogP contribution in [0.4, 0.5) is 0 Å². The van der Waals surface area contributed by atoms with Crippen molar-refractivity contribution in [2.75, 3.05) is 6.61 Å². The first-order valence-electron chi connectivity index (χ1n) is 5.10. The lowest BCUT2D eigenvalue weighted by molar-refractivity contribution is 0.295. The van der Waals surface area contributed by atoms with E-state index in [9.17, 15) is 0 Å². The molecule has 0 fully saturated rings. The van der Waals surface area contributed by atoms with Crippen LogP contribution in [0, 0.1) is 0 Å². The molecule has 0 aliphatic rings. The van der Waals surface area contributed by atoms with Gasteiger partial charge in [-0.25, -0.2) is 4.98 Å². The number of nitrogens with zero attached hydrogens (tertiary/aromatic N) is 2. The van der Waals surface area contributed by atoms with Crippen molar-refractivity contribution in [3.8, 4) is 11.3 Å². The normalized spacial score (nSPS) is 10.7. The summed E-state index contributed by atoms with van der Waals surface area (Å²) in [5.41, 5.74) is 1.94. The van der Waals surface area contributed by atoms with E-state index in [1.165, 1.54) is 0 Å². The van der Waals surface area contributed by atoms with E-state index in [0.29, 0.717) is 6.42 Å². The maximum atomic E-state index is 8.89. The number of aromatic nitrogens is 2. The monoisotopic (exact) mass is 236 g/mol. The smallest absolute Gasteiger partial charge is 0.111 e. The van der Waals surface area contributed by atoms with Gasteiger partial charge in [0.15, 0.2) is 0 Å². The van der Waals surface area contributed by atoms with E-state index in [2.05, 4.69) is 4.98 Å². The lowest BCUT2D eigenvalue weighted by atomic mass is 10.2. The largest absolute Gasteiger partial charge is 0.396 e. The van der Waals surface area contributed by atoms with Gasteiger partial charge in [0.25, 0.3) is 0 Å². The summed E-state index contributed by atoms with van der Waals surface area (Å²) < 4.78 is 1.93. The Balaban J connectivity index is 2.33. The van der Waals surface area contributed by atoms with E-state index in [0.717, 1.165) is 22.1 Å². The Morgan fingerprint density at radius 2 is 2.00 bits per heavy atom. The van der Waals surface area contributed by atoms with E-state index < -0.39 is 0 Å². The molecular weight excluding hydrogens is 224 g/mol. The van der Waals surface area contributed by atoms with Crippen LogP contribution in [0.2, 0.25) is 5.02 Å². The maximum absolute atomic E-state index is 8.89. The zero-order chi connectivity index (χ0) is 11.5. The molecule has 0 unspecified atom stereocenters. The standard InChI is InChI=1S/C12H13ClN2O/c1-15-8-11(14-12(15)6-7-16)9-2-4-10(13)5-3-9/h2-5,8,16H,6-7H2,1H3. The molecule has 0 radical (unpaired) electrons. The SMILES string of the molecule is Cn1cc(-c2ccc(Cl)cc2)nc1CCO. The van der Waals surface area contributed by atoms with Gasteiger partial charge in [-0.15, -0.1) is 0 Å². The molecule has 0 spiro atoms. The summed E-state index contributed by atoms with van der Waals surface area (Å²) in [6, 6.07) is 7.56. The molecule has 4 heteroatoms. The van der Waals surface area contributed by atoms with Crippen LogP contribution in [0.15, 0.2) is 30.5 Å². The highest BCUT2D eigenvalue weighted by Gasteiger charge is 2.06. The van der Waals surface area contributed by atoms with Gasteiger partial charge in [0.1, 0.15) is 5.82 Å². The maximum Gasteiger partial charge on any atom is 0.111 e. The van der Waals surface area contributed by atoms with Crippen LogP contribution in [-0.4, -0.2) is 21.3 Å². The van der Waals surface area contributed by atoms with Crippen LogP contribution in [0.3, 0.4) is 0 Å². The summed E-state index contributed by atoms with van der Waals surface area (Å²) >= 11 is 5.83. The third kappa shape index (κ3) is 2.26. The minimum absolute atomic E-state index is 0.116. The highest BCUT2D eigenvalue weighted by molar-refractivity contribution is 6.30. The third-order valence-electron chi connectivity index (χ3n) is 2.45. The summed E-state index contributed by atoms with van der Waals surface area (Å²) in [5, 5.41) is 9.61. The lowest BCUT2D eigenvalue weighted by Gasteiger charge is -1.96. The van der Waals surface area contributed by atoms with Crippen molar-refractivity contribution in [3.05, 3.63) is 41.3 Å². The summed E-state index contributed by atoms with van der Waals surface area (Å²) in [7, 11) is 1.93. The number of aliphatic hydroxyl groups excluding tert-OH is 1. The minimum Gasteiger partial charge on any atom is -0.396 e. The fraction of sp³-hybridized carbons (Fsp3) is 0.250. The Labute approximate surface area is 99.3 Å². The molecule has 3 nitrogen and oxygen atoms in total. The van der Waals surface area contributed by atoms with Crippen molar-refractivity contribution in [1.29, 1.82) is 0 Å². The first kappa shape index (κ1) is 11.2. The number of hydrogen-bond donors (Lipinski definition) is 1. The lowest BCUT2D eigenvalue weighted by Crippen LogP contribution is -1.99. The van der Waals surface area contributed by atoms with Gasteiger partial charge in [0.2, 0.25) is 0 Å². The molecule has 0 atom stereocenters. The van der Waals surface area contributed by atoms with E-state index in [4.69, 9.17) is 16.7 Å². The molecular formula is C12H13ClN2O. The number of benzene rings is 1. The summed E-state index contributed by atoms with van der Waals surface area (Å²) in [4.78, 5) is 4.46. The van der Waals surface area contributed by atoms with Crippen molar-refractivity contribution >= 4 is 11.6 Å². The topological polar surface area (TPSA) is 38.0 Å². The average Bonchev–Trinajstić information content (AvgIpc) is 2.62. The van der Waals surface area contributed by atoms with Crippen LogP contribution in [0.5, 0.6) is 0 Å². The number of imidazole rings is 1. The van der Waals surface area contributed by atoms with E-state index in [1.54, 1.807) is 0 Å².